The molecule has 0 fully saturated rings. The third-order valence-corrected chi connectivity index (χ3v) is 3.48. The third-order valence-electron chi connectivity index (χ3n) is 3.48. The quantitative estimate of drug-likeness (QED) is 0.816. The lowest BCUT2D eigenvalue weighted by molar-refractivity contribution is 0.160. The van der Waals surface area contributed by atoms with E-state index in [1.165, 1.54) is 17.7 Å². The third kappa shape index (κ3) is 3.20. The summed E-state index contributed by atoms with van der Waals surface area (Å²) >= 11 is 0. The van der Waals surface area contributed by atoms with Crippen molar-refractivity contribution in [2.45, 2.75) is 12.3 Å². The number of fused-ring (bicyclic) bond motifs is 1. The summed E-state index contributed by atoms with van der Waals surface area (Å²) in [6, 6.07) is 8.64. The zero-order valence-electron chi connectivity index (χ0n) is 10.8. The number of methoxy groups -OCH3 is 1. The van der Waals surface area contributed by atoms with Crippen LogP contribution in [0.5, 0.6) is 0 Å². The van der Waals surface area contributed by atoms with Crippen LogP contribution in [-0.4, -0.2) is 45.3 Å². The Balaban J connectivity index is 1.81. The van der Waals surface area contributed by atoms with E-state index in [1.54, 1.807) is 7.11 Å². The second-order valence-corrected chi connectivity index (χ2v) is 4.75. The molecule has 1 aliphatic rings. The van der Waals surface area contributed by atoms with Gasteiger partial charge in [0.15, 0.2) is 0 Å². The fourth-order valence-electron chi connectivity index (χ4n) is 2.35. The van der Waals surface area contributed by atoms with Crippen LogP contribution in [0, 0.1) is 0 Å². The number of para-hydroxylation sites is 1. The maximum Gasteiger partial charge on any atom is 0.0589 e. The number of likely N-dealkylation sites (N-methyl/N-ethyl adjacent to an activating group) is 1. The minimum absolute atomic E-state index is 0.663. The van der Waals surface area contributed by atoms with Crippen molar-refractivity contribution < 1.29 is 4.74 Å². The smallest absolute Gasteiger partial charge is 0.0589 e. The Bertz CT molecular complexity index is 354. The van der Waals surface area contributed by atoms with Gasteiger partial charge in [-0.2, -0.15) is 0 Å². The highest BCUT2D eigenvalue weighted by atomic mass is 16.5. The van der Waals surface area contributed by atoms with Crippen LogP contribution in [0.1, 0.15) is 17.9 Å². The van der Waals surface area contributed by atoms with Gasteiger partial charge >= 0.3 is 0 Å². The molecule has 1 unspecified atom stereocenters. The lowest BCUT2D eigenvalue weighted by Gasteiger charge is -2.18. The molecule has 0 aliphatic carbocycles. The number of ether oxygens (including phenoxy) is 1. The highest BCUT2D eigenvalue weighted by Gasteiger charge is 2.21. The second-order valence-electron chi connectivity index (χ2n) is 4.75. The summed E-state index contributed by atoms with van der Waals surface area (Å²) in [5.74, 6) is 0.663. The minimum Gasteiger partial charge on any atom is -0.384 e. The number of anilines is 1. The van der Waals surface area contributed by atoms with Crippen LogP contribution in [0.3, 0.4) is 0 Å². The molecule has 3 nitrogen and oxygen atoms in total. The summed E-state index contributed by atoms with van der Waals surface area (Å²) < 4.78 is 5.09. The molecule has 1 aromatic rings. The van der Waals surface area contributed by atoms with Gasteiger partial charge in [0.05, 0.1) is 6.61 Å². The molecule has 0 spiro atoms. The van der Waals surface area contributed by atoms with E-state index in [0.717, 1.165) is 26.2 Å². The van der Waals surface area contributed by atoms with Gasteiger partial charge in [-0.1, -0.05) is 18.2 Å². The lowest BCUT2D eigenvalue weighted by Crippen LogP contribution is -2.25. The molecule has 3 heteroatoms. The molecular formula is C14H22N2O. The Kier molecular flexibility index (Phi) is 4.40. The summed E-state index contributed by atoms with van der Waals surface area (Å²) in [7, 11) is 3.91. The van der Waals surface area contributed by atoms with Gasteiger partial charge < -0.3 is 15.0 Å². The van der Waals surface area contributed by atoms with Crippen molar-refractivity contribution in [1.82, 2.24) is 4.90 Å². The Morgan fingerprint density at radius 3 is 3.00 bits per heavy atom. The van der Waals surface area contributed by atoms with E-state index in [4.69, 9.17) is 4.74 Å². The predicted molar refractivity (Wildman–Crippen MR) is 71.7 cm³/mol. The van der Waals surface area contributed by atoms with Crippen LogP contribution in [0.25, 0.3) is 0 Å². The number of hydrogen-bond acceptors (Lipinski definition) is 3. The van der Waals surface area contributed by atoms with E-state index in [2.05, 4.69) is 41.5 Å². The summed E-state index contributed by atoms with van der Waals surface area (Å²) in [4.78, 5) is 2.34. The summed E-state index contributed by atoms with van der Waals surface area (Å²) in [6.07, 6.45) is 1.21. The first kappa shape index (κ1) is 12.4. The van der Waals surface area contributed by atoms with Crippen LogP contribution >= 0.6 is 0 Å². The number of benzene rings is 1. The maximum atomic E-state index is 5.09. The predicted octanol–water partition coefficient (Wildman–Crippen LogP) is 2.16. The number of nitrogens with zero attached hydrogens (tertiary/aromatic N) is 1. The average molecular weight is 234 g/mol. The van der Waals surface area contributed by atoms with Gasteiger partial charge in [-0.3, -0.25) is 0 Å². The molecule has 1 aliphatic heterocycles. The van der Waals surface area contributed by atoms with Crippen LogP contribution < -0.4 is 5.32 Å². The van der Waals surface area contributed by atoms with E-state index in [1.807, 2.05) is 0 Å². The highest BCUT2D eigenvalue weighted by Crippen LogP contribution is 2.33. The van der Waals surface area contributed by atoms with Gasteiger partial charge in [-0.05, 0) is 31.6 Å². The van der Waals surface area contributed by atoms with E-state index in [0.29, 0.717) is 5.92 Å². The van der Waals surface area contributed by atoms with Gasteiger partial charge in [0, 0.05) is 31.8 Å². The molecular weight excluding hydrogens is 212 g/mol. The Morgan fingerprint density at radius 2 is 2.18 bits per heavy atom. The zero-order chi connectivity index (χ0) is 12.1. The normalized spacial score (nSPS) is 18.2. The molecule has 0 saturated carbocycles. The first-order chi connectivity index (χ1) is 8.31. The highest BCUT2D eigenvalue weighted by molar-refractivity contribution is 5.57. The van der Waals surface area contributed by atoms with Crippen LogP contribution in [0.2, 0.25) is 0 Å². The van der Waals surface area contributed by atoms with Crippen LogP contribution in [0.4, 0.5) is 5.69 Å². The van der Waals surface area contributed by atoms with E-state index in [9.17, 15) is 0 Å². The zero-order valence-corrected chi connectivity index (χ0v) is 10.8. The summed E-state index contributed by atoms with van der Waals surface area (Å²) in [6.45, 7) is 4.04. The Hall–Kier alpha value is -1.06. The van der Waals surface area contributed by atoms with Crippen molar-refractivity contribution in [3.8, 4) is 0 Å². The minimum atomic E-state index is 0.663. The van der Waals surface area contributed by atoms with Crippen molar-refractivity contribution in [1.29, 1.82) is 0 Å². The molecule has 1 aromatic carbocycles. The summed E-state index contributed by atoms with van der Waals surface area (Å²) in [5.41, 5.74) is 2.80. The molecule has 1 atom stereocenters. The maximum absolute atomic E-state index is 5.09. The van der Waals surface area contributed by atoms with Crippen LogP contribution in [-0.2, 0) is 4.74 Å². The molecule has 0 bridgehead atoms. The standard InChI is InChI=1S/C14H22N2O/c1-16(9-10-17-2)8-7-12-11-15-14-6-4-3-5-13(12)14/h3-6,12,15H,7-11H2,1-2H3. The molecule has 0 radical (unpaired) electrons. The molecule has 2 rings (SSSR count). The van der Waals surface area contributed by atoms with Crippen molar-refractivity contribution in [3.05, 3.63) is 29.8 Å². The molecule has 0 saturated heterocycles. The lowest BCUT2D eigenvalue weighted by atomic mass is 9.98. The van der Waals surface area contributed by atoms with Gasteiger partial charge in [0.2, 0.25) is 0 Å². The molecule has 1 N–H and O–H groups in total. The first-order valence-corrected chi connectivity index (χ1v) is 6.31. The van der Waals surface area contributed by atoms with Crippen molar-refractivity contribution in [3.63, 3.8) is 0 Å². The monoisotopic (exact) mass is 234 g/mol. The van der Waals surface area contributed by atoms with Crippen LogP contribution in [0.15, 0.2) is 24.3 Å². The van der Waals surface area contributed by atoms with Gasteiger partial charge in [-0.15, -0.1) is 0 Å². The number of nitrogens with one attached hydrogen (secondary N) is 1. The molecule has 1 heterocycles. The van der Waals surface area contributed by atoms with Crippen molar-refractivity contribution in [2.75, 3.05) is 45.7 Å². The van der Waals surface area contributed by atoms with Gasteiger partial charge in [0.25, 0.3) is 0 Å². The Morgan fingerprint density at radius 1 is 1.35 bits per heavy atom. The van der Waals surface area contributed by atoms with E-state index in [-0.39, 0.29) is 0 Å². The molecule has 0 amide bonds. The van der Waals surface area contributed by atoms with E-state index < -0.39 is 0 Å². The molecule has 0 aromatic heterocycles. The van der Waals surface area contributed by atoms with Crippen molar-refractivity contribution in [2.24, 2.45) is 0 Å². The average Bonchev–Trinajstić information content (AvgIpc) is 2.77. The van der Waals surface area contributed by atoms with Crippen molar-refractivity contribution >= 4 is 5.69 Å². The van der Waals surface area contributed by atoms with Gasteiger partial charge in [-0.25, -0.2) is 0 Å². The molecule has 17 heavy (non-hydrogen) atoms. The number of hydrogen-bond donors (Lipinski definition) is 1. The summed E-state index contributed by atoms with van der Waals surface area (Å²) in [5, 5.41) is 3.47. The fourth-order valence-corrected chi connectivity index (χ4v) is 2.35. The number of rotatable bonds is 6. The SMILES string of the molecule is COCCN(C)CCC1CNc2ccccc21. The largest absolute Gasteiger partial charge is 0.384 e. The van der Waals surface area contributed by atoms with E-state index >= 15 is 0 Å². The topological polar surface area (TPSA) is 24.5 Å². The molecule has 94 valence electrons. The first-order valence-electron chi connectivity index (χ1n) is 6.31. The second kappa shape index (κ2) is 6.03. The Labute approximate surface area is 104 Å². The van der Waals surface area contributed by atoms with Gasteiger partial charge in [0.1, 0.15) is 0 Å². The fraction of sp³-hybridized carbons (Fsp3) is 0.571.